The van der Waals surface area contributed by atoms with Crippen molar-refractivity contribution in [2.24, 2.45) is 5.92 Å². The molecule has 1 aromatic rings. The lowest BCUT2D eigenvalue weighted by atomic mass is 9.92. The van der Waals surface area contributed by atoms with Gasteiger partial charge in [-0.25, -0.2) is 0 Å². The van der Waals surface area contributed by atoms with E-state index in [1.165, 1.54) is 29.5 Å². The van der Waals surface area contributed by atoms with E-state index in [2.05, 4.69) is 56.1 Å². The van der Waals surface area contributed by atoms with Crippen LogP contribution in [0.25, 0.3) is 0 Å². The van der Waals surface area contributed by atoms with E-state index in [9.17, 15) is 4.79 Å². The van der Waals surface area contributed by atoms with Crippen LogP contribution in [0.4, 0.5) is 0 Å². The average molecular weight is 300 g/mol. The zero-order valence-corrected chi connectivity index (χ0v) is 14.3. The number of hydrogen-bond acceptors (Lipinski definition) is 2. The Kier molecular flexibility index (Phi) is 4.02. The average Bonchev–Trinajstić information content (AvgIpc) is 3.26. The third-order valence-electron chi connectivity index (χ3n) is 4.84. The molecule has 1 aromatic carbocycles. The van der Waals surface area contributed by atoms with E-state index in [0.29, 0.717) is 0 Å². The van der Waals surface area contributed by atoms with Gasteiger partial charge in [0, 0.05) is 18.6 Å². The Morgan fingerprint density at radius 3 is 2.64 bits per heavy atom. The normalized spacial score (nSPS) is 21.4. The van der Waals surface area contributed by atoms with E-state index in [-0.39, 0.29) is 17.5 Å². The Morgan fingerprint density at radius 1 is 1.27 bits per heavy atom. The highest BCUT2D eigenvalue weighted by atomic mass is 16.2. The van der Waals surface area contributed by atoms with E-state index >= 15 is 0 Å². The fourth-order valence-electron chi connectivity index (χ4n) is 3.26. The maximum atomic E-state index is 13.1. The number of nitrogens with one attached hydrogen (secondary N) is 1. The van der Waals surface area contributed by atoms with Crippen molar-refractivity contribution >= 4 is 5.91 Å². The first kappa shape index (κ1) is 15.5. The number of rotatable bonds is 3. The number of hydrogen-bond donors (Lipinski definition) is 1. The molecule has 1 unspecified atom stereocenters. The summed E-state index contributed by atoms with van der Waals surface area (Å²) in [5.41, 5.74) is 3.84. The molecule has 22 heavy (non-hydrogen) atoms. The number of fused-ring (bicyclic) bond motifs is 1. The van der Waals surface area contributed by atoms with Gasteiger partial charge in [0.15, 0.2) is 0 Å². The van der Waals surface area contributed by atoms with Gasteiger partial charge in [-0.15, -0.1) is 0 Å². The zero-order valence-electron chi connectivity index (χ0n) is 14.3. The highest BCUT2D eigenvalue weighted by molar-refractivity contribution is 5.83. The minimum atomic E-state index is -0.103. The van der Waals surface area contributed by atoms with Gasteiger partial charge in [-0.2, -0.15) is 0 Å². The van der Waals surface area contributed by atoms with Crippen molar-refractivity contribution in [3.63, 3.8) is 0 Å². The monoisotopic (exact) mass is 300 g/mol. The molecular weight excluding hydrogens is 272 g/mol. The summed E-state index contributed by atoms with van der Waals surface area (Å²) in [7, 11) is 0. The molecule has 0 spiro atoms. The summed E-state index contributed by atoms with van der Waals surface area (Å²) in [5, 5.41) is 3.45. The molecule has 0 radical (unpaired) electrons. The molecule has 120 valence electrons. The van der Waals surface area contributed by atoms with Crippen molar-refractivity contribution in [3.8, 4) is 0 Å². The molecule has 1 atom stereocenters. The topological polar surface area (TPSA) is 32.3 Å². The SMILES string of the molecule is Cc1ccc2c(c1)CC(C(=O)N(CC1CC1)C(C)(C)C)NC2. The second kappa shape index (κ2) is 5.69. The van der Waals surface area contributed by atoms with Crippen LogP contribution in [0.5, 0.6) is 0 Å². The quantitative estimate of drug-likeness (QED) is 0.930. The van der Waals surface area contributed by atoms with Crippen LogP contribution in [-0.2, 0) is 17.8 Å². The molecule has 1 aliphatic heterocycles. The van der Waals surface area contributed by atoms with Gasteiger partial charge in [-0.1, -0.05) is 23.8 Å². The molecule has 3 nitrogen and oxygen atoms in total. The van der Waals surface area contributed by atoms with Crippen LogP contribution >= 0.6 is 0 Å². The van der Waals surface area contributed by atoms with E-state index in [1.54, 1.807) is 0 Å². The van der Waals surface area contributed by atoms with Crippen molar-refractivity contribution in [2.45, 2.75) is 65.1 Å². The molecule has 2 aliphatic rings. The van der Waals surface area contributed by atoms with Crippen LogP contribution in [0.3, 0.4) is 0 Å². The number of carbonyl (C=O) groups is 1. The summed E-state index contributed by atoms with van der Waals surface area (Å²) in [6, 6.07) is 6.49. The van der Waals surface area contributed by atoms with Crippen molar-refractivity contribution < 1.29 is 4.79 Å². The Labute approximate surface area is 134 Å². The molecule has 3 heteroatoms. The Balaban J connectivity index is 1.76. The number of carbonyl (C=O) groups excluding carboxylic acids is 1. The number of benzene rings is 1. The summed E-state index contributed by atoms with van der Waals surface area (Å²) in [4.78, 5) is 15.2. The van der Waals surface area contributed by atoms with Gasteiger partial charge in [-0.05, 0) is 64.0 Å². The van der Waals surface area contributed by atoms with Crippen LogP contribution in [0.15, 0.2) is 18.2 Å². The molecular formula is C19H28N2O. The largest absolute Gasteiger partial charge is 0.336 e. The molecule has 0 aromatic heterocycles. The third-order valence-corrected chi connectivity index (χ3v) is 4.84. The first-order valence-corrected chi connectivity index (χ1v) is 8.48. The van der Waals surface area contributed by atoms with Gasteiger partial charge in [0.1, 0.15) is 0 Å². The second-order valence-electron chi connectivity index (χ2n) is 7.97. The van der Waals surface area contributed by atoms with Crippen molar-refractivity contribution in [2.75, 3.05) is 6.54 Å². The molecule has 1 amide bonds. The molecule has 1 N–H and O–H groups in total. The lowest BCUT2D eigenvalue weighted by Crippen LogP contribution is -2.55. The molecule has 3 rings (SSSR count). The van der Waals surface area contributed by atoms with E-state index in [4.69, 9.17) is 0 Å². The predicted octanol–water partition coefficient (Wildman–Crippen LogP) is 3.05. The highest BCUT2D eigenvalue weighted by Crippen LogP contribution is 2.32. The number of nitrogens with zero attached hydrogens (tertiary/aromatic N) is 1. The predicted molar refractivity (Wildman–Crippen MR) is 89.7 cm³/mol. The van der Waals surface area contributed by atoms with Crippen molar-refractivity contribution in [1.82, 2.24) is 10.2 Å². The van der Waals surface area contributed by atoms with Gasteiger partial charge in [0.25, 0.3) is 0 Å². The molecule has 0 bridgehead atoms. The minimum Gasteiger partial charge on any atom is -0.336 e. The maximum absolute atomic E-state index is 13.1. The summed E-state index contributed by atoms with van der Waals surface area (Å²) in [6.07, 6.45) is 3.37. The summed E-state index contributed by atoms with van der Waals surface area (Å²) >= 11 is 0. The Morgan fingerprint density at radius 2 is 2.00 bits per heavy atom. The highest BCUT2D eigenvalue weighted by Gasteiger charge is 2.37. The summed E-state index contributed by atoms with van der Waals surface area (Å²) in [6.45, 7) is 10.3. The van der Waals surface area contributed by atoms with Gasteiger partial charge < -0.3 is 10.2 Å². The standard InChI is InChI=1S/C19H28N2O/c1-13-5-8-15-11-20-17(10-16(15)9-13)18(22)21(19(2,3)4)12-14-6-7-14/h5,8-9,14,17,20H,6-7,10-12H2,1-4H3. The fourth-order valence-corrected chi connectivity index (χ4v) is 3.26. The van der Waals surface area contributed by atoms with E-state index in [0.717, 1.165) is 25.4 Å². The van der Waals surface area contributed by atoms with Gasteiger partial charge in [0.2, 0.25) is 5.91 Å². The molecule has 1 heterocycles. The van der Waals surface area contributed by atoms with Gasteiger partial charge in [0.05, 0.1) is 6.04 Å². The lowest BCUT2D eigenvalue weighted by Gasteiger charge is -2.39. The lowest BCUT2D eigenvalue weighted by molar-refractivity contribution is -0.138. The smallest absolute Gasteiger partial charge is 0.240 e. The maximum Gasteiger partial charge on any atom is 0.240 e. The minimum absolute atomic E-state index is 0.0766. The van der Waals surface area contributed by atoms with Crippen LogP contribution in [-0.4, -0.2) is 28.9 Å². The van der Waals surface area contributed by atoms with Gasteiger partial charge in [-0.3, -0.25) is 4.79 Å². The zero-order chi connectivity index (χ0) is 15.9. The third kappa shape index (κ3) is 3.35. The van der Waals surface area contributed by atoms with E-state index in [1.807, 2.05) is 0 Å². The molecule has 1 aliphatic carbocycles. The fraction of sp³-hybridized carbons (Fsp3) is 0.632. The van der Waals surface area contributed by atoms with Gasteiger partial charge >= 0.3 is 0 Å². The first-order valence-electron chi connectivity index (χ1n) is 8.48. The Bertz CT molecular complexity index is 569. The van der Waals surface area contributed by atoms with E-state index < -0.39 is 0 Å². The van der Waals surface area contributed by atoms with Crippen LogP contribution in [0, 0.1) is 12.8 Å². The van der Waals surface area contributed by atoms with Crippen molar-refractivity contribution in [1.29, 1.82) is 0 Å². The summed E-state index contributed by atoms with van der Waals surface area (Å²) in [5.74, 6) is 0.993. The van der Waals surface area contributed by atoms with Crippen LogP contribution < -0.4 is 5.32 Å². The first-order chi connectivity index (χ1) is 10.3. The van der Waals surface area contributed by atoms with Crippen molar-refractivity contribution in [3.05, 3.63) is 34.9 Å². The molecule has 1 fully saturated rings. The second-order valence-corrected chi connectivity index (χ2v) is 7.97. The molecule has 1 saturated carbocycles. The molecule has 0 saturated heterocycles. The van der Waals surface area contributed by atoms with Crippen LogP contribution in [0.1, 0.15) is 50.3 Å². The van der Waals surface area contributed by atoms with Crippen LogP contribution in [0.2, 0.25) is 0 Å². The number of aryl methyl sites for hydroxylation is 1. The Hall–Kier alpha value is -1.35. The summed E-state index contributed by atoms with van der Waals surface area (Å²) < 4.78 is 0. The number of amides is 1.